The number of anilines is 1. The fourth-order valence-corrected chi connectivity index (χ4v) is 2.93. The van der Waals surface area contributed by atoms with Gasteiger partial charge in [0, 0.05) is 23.8 Å². The van der Waals surface area contributed by atoms with Gasteiger partial charge in [-0.05, 0) is 42.2 Å². The number of fused-ring (bicyclic) bond motifs is 1. The maximum absolute atomic E-state index is 12.2. The van der Waals surface area contributed by atoms with Crippen LogP contribution in [0, 0.1) is 0 Å². The second-order valence-electron chi connectivity index (χ2n) is 5.56. The lowest BCUT2D eigenvalue weighted by molar-refractivity contribution is -0.119. The molecule has 0 aliphatic carbocycles. The molecule has 1 N–H and O–H groups in total. The van der Waals surface area contributed by atoms with Crippen LogP contribution in [0.15, 0.2) is 48.5 Å². The average Bonchev–Trinajstić information content (AvgIpc) is 2.55. The average molecular weight is 315 g/mol. The zero-order valence-corrected chi connectivity index (χ0v) is 13.1. The molecule has 0 spiro atoms. The fraction of sp³-hybridized carbons (Fsp3) is 0.278. The maximum Gasteiger partial charge on any atom is 0.239 e. The number of hydrogen-bond acceptors (Lipinski definition) is 2. The number of benzene rings is 2. The molecule has 0 radical (unpaired) electrons. The van der Waals surface area contributed by atoms with Crippen LogP contribution in [0.1, 0.15) is 17.5 Å². The van der Waals surface area contributed by atoms with Gasteiger partial charge in [0.25, 0.3) is 0 Å². The molecule has 1 amide bonds. The molecule has 1 heterocycles. The van der Waals surface area contributed by atoms with Crippen LogP contribution in [0.2, 0.25) is 5.02 Å². The van der Waals surface area contributed by atoms with E-state index in [0.717, 1.165) is 24.9 Å². The zero-order valence-electron chi connectivity index (χ0n) is 12.4. The Bertz CT molecular complexity index is 654. The van der Waals surface area contributed by atoms with Crippen molar-refractivity contribution in [2.45, 2.75) is 19.4 Å². The number of nitrogens with one attached hydrogen (secondary N) is 1. The standard InChI is InChI=1S/C18H19ClN2O/c19-16-9-7-14(8-10-16)12-20-18(22)13-21-11-3-5-15-4-1-2-6-17(15)21/h1-2,4,6-10H,3,5,11-13H2,(H,20,22). The molecular formula is C18H19ClN2O. The molecule has 0 saturated carbocycles. The molecule has 0 atom stereocenters. The Kier molecular flexibility index (Phi) is 4.64. The van der Waals surface area contributed by atoms with Gasteiger partial charge in [0.15, 0.2) is 0 Å². The van der Waals surface area contributed by atoms with Crippen LogP contribution in [0.25, 0.3) is 0 Å². The first-order chi connectivity index (χ1) is 10.7. The van der Waals surface area contributed by atoms with Gasteiger partial charge in [-0.15, -0.1) is 0 Å². The quantitative estimate of drug-likeness (QED) is 0.938. The van der Waals surface area contributed by atoms with Crippen LogP contribution in [0.4, 0.5) is 5.69 Å². The van der Waals surface area contributed by atoms with E-state index in [4.69, 9.17) is 11.6 Å². The van der Waals surface area contributed by atoms with Gasteiger partial charge in [-0.25, -0.2) is 0 Å². The van der Waals surface area contributed by atoms with Crippen LogP contribution in [-0.4, -0.2) is 19.0 Å². The predicted molar refractivity (Wildman–Crippen MR) is 90.3 cm³/mol. The summed E-state index contributed by atoms with van der Waals surface area (Å²) in [7, 11) is 0. The van der Waals surface area contributed by atoms with Gasteiger partial charge in [0.05, 0.1) is 6.54 Å². The highest BCUT2D eigenvalue weighted by Gasteiger charge is 2.18. The van der Waals surface area contributed by atoms with E-state index in [9.17, 15) is 4.79 Å². The van der Waals surface area contributed by atoms with Crippen LogP contribution < -0.4 is 10.2 Å². The van der Waals surface area contributed by atoms with Crippen molar-refractivity contribution in [3.63, 3.8) is 0 Å². The minimum Gasteiger partial charge on any atom is -0.362 e. The smallest absolute Gasteiger partial charge is 0.239 e. The molecular weight excluding hydrogens is 296 g/mol. The van der Waals surface area contributed by atoms with Gasteiger partial charge in [0.2, 0.25) is 5.91 Å². The number of carbonyl (C=O) groups is 1. The summed E-state index contributed by atoms with van der Waals surface area (Å²) in [6, 6.07) is 15.9. The summed E-state index contributed by atoms with van der Waals surface area (Å²) < 4.78 is 0. The van der Waals surface area contributed by atoms with Crippen molar-refractivity contribution in [3.8, 4) is 0 Å². The summed E-state index contributed by atoms with van der Waals surface area (Å²) in [5.41, 5.74) is 3.58. The third kappa shape index (κ3) is 3.60. The third-order valence-corrected chi connectivity index (χ3v) is 4.20. The van der Waals surface area contributed by atoms with E-state index in [1.807, 2.05) is 30.3 Å². The van der Waals surface area contributed by atoms with Crippen LogP contribution in [0.5, 0.6) is 0 Å². The molecule has 1 aliphatic rings. The van der Waals surface area contributed by atoms with Gasteiger partial charge < -0.3 is 10.2 Å². The lowest BCUT2D eigenvalue weighted by atomic mass is 10.0. The van der Waals surface area contributed by atoms with Crippen molar-refractivity contribution in [2.24, 2.45) is 0 Å². The number of nitrogens with zero attached hydrogens (tertiary/aromatic N) is 1. The highest BCUT2D eigenvalue weighted by Crippen LogP contribution is 2.26. The summed E-state index contributed by atoms with van der Waals surface area (Å²) in [6.45, 7) is 1.88. The van der Waals surface area contributed by atoms with Crippen molar-refractivity contribution in [3.05, 3.63) is 64.7 Å². The van der Waals surface area contributed by atoms with Gasteiger partial charge in [-0.3, -0.25) is 4.79 Å². The monoisotopic (exact) mass is 314 g/mol. The second-order valence-corrected chi connectivity index (χ2v) is 5.99. The van der Waals surface area contributed by atoms with Gasteiger partial charge in [-0.1, -0.05) is 41.9 Å². The lowest BCUT2D eigenvalue weighted by Crippen LogP contribution is -2.39. The Morgan fingerprint density at radius 1 is 1.14 bits per heavy atom. The molecule has 0 unspecified atom stereocenters. The van der Waals surface area contributed by atoms with Gasteiger partial charge in [0.1, 0.15) is 0 Å². The first kappa shape index (κ1) is 14.9. The van der Waals surface area contributed by atoms with E-state index >= 15 is 0 Å². The van der Waals surface area contributed by atoms with Crippen molar-refractivity contribution in [2.75, 3.05) is 18.0 Å². The van der Waals surface area contributed by atoms with Gasteiger partial charge >= 0.3 is 0 Å². The fourth-order valence-electron chi connectivity index (χ4n) is 2.81. The Morgan fingerprint density at radius 3 is 2.73 bits per heavy atom. The summed E-state index contributed by atoms with van der Waals surface area (Å²) in [4.78, 5) is 14.3. The lowest BCUT2D eigenvalue weighted by Gasteiger charge is -2.30. The zero-order chi connectivity index (χ0) is 15.4. The molecule has 0 saturated heterocycles. The molecule has 2 aromatic carbocycles. The second kappa shape index (κ2) is 6.84. The summed E-state index contributed by atoms with van der Waals surface area (Å²) in [6.07, 6.45) is 2.19. The highest BCUT2D eigenvalue weighted by atomic mass is 35.5. The number of carbonyl (C=O) groups excluding carboxylic acids is 1. The SMILES string of the molecule is O=C(CN1CCCc2ccccc21)NCc1ccc(Cl)cc1. The van der Waals surface area contributed by atoms with E-state index in [-0.39, 0.29) is 5.91 Å². The highest BCUT2D eigenvalue weighted by molar-refractivity contribution is 6.30. The summed E-state index contributed by atoms with van der Waals surface area (Å²) in [5, 5.41) is 3.68. The van der Waals surface area contributed by atoms with E-state index in [2.05, 4.69) is 28.4 Å². The van der Waals surface area contributed by atoms with Crippen LogP contribution in [-0.2, 0) is 17.8 Å². The predicted octanol–water partition coefficient (Wildman–Crippen LogP) is 3.41. The number of rotatable bonds is 4. The number of hydrogen-bond donors (Lipinski definition) is 1. The summed E-state index contributed by atoms with van der Waals surface area (Å²) >= 11 is 5.86. The number of para-hydroxylation sites is 1. The Labute approximate surface area is 135 Å². The molecule has 0 fully saturated rings. The van der Waals surface area contributed by atoms with Crippen LogP contribution >= 0.6 is 11.6 Å². The topological polar surface area (TPSA) is 32.3 Å². The Hall–Kier alpha value is -2.00. The van der Waals surface area contributed by atoms with Crippen molar-refractivity contribution in [1.29, 1.82) is 0 Å². The van der Waals surface area contributed by atoms with E-state index < -0.39 is 0 Å². The third-order valence-electron chi connectivity index (χ3n) is 3.94. The maximum atomic E-state index is 12.2. The normalized spacial score (nSPS) is 13.6. The van der Waals surface area contributed by atoms with Gasteiger partial charge in [-0.2, -0.15) is 0 Å². The molecule has 0 bridgehead atoms. The number of halogens is 1. The van der Waals surface area contributed by atoms with Crippen LogP contribution in [0.3, 0.4) is 0 Å². The largest absolute Gasteiger partial charge is 0.362 e. The minimum absolute atomic E-state index is 0.0478. The van der Waals surface area contributed by atoms with E-state index in [1.54, 1.807) is 0 Å². The first-order valence-electron chi connectivity index (χ1n) is 7.56. The van der Waals surface area contributed by atoms with E-state index in [0.29, 0.717) is 18.1 Å². The molecule has 0 aromatic heterocycles. The minimum atomic E-state index is 0.0478. The molecule has 1 aliphatic heterocycles. The molecule has 3 nitrogen and oxygen atoms in total. The molecule has 4 heteroatoms. The number of amides is 1. The van der Waals surface area contributed by atoms with Crippen molar-refractivity contribution >= 4 is 23.2 Å². The molecule has 2 aromatic rings. The summed E-state index contributed by atoms with van der Waals surface area (Å²) in [5.74, 6) is 0.0478. The van der Waals surface area contributed by atoms with E-state index in [1.165, 1.54) is 11.3 Å². The molecule has 114 valence electrons. The van der Waals surface area contributed by atoms with Crippen molar-refractivity contribution < 1.29 is 4.79 Å². The molecule has 22 heavy (non-hydrogen) atoms. The Balaban J connectivity index is 1.57. The Morgan fingerprint density at radius 2 is 1.91 bits per heavy atom. The molecule has 3 rings (SSSR count). The number of aryl methyl sites for hydroxylation is 1. The van der Waals surface area contributed by atoms with Crippen molar-refractivity contribution in [1.82, 2.24) is 5.32 Å². The first-order valence-corrected chi connectivity index (χ1v) is 7.94.